The molecular weight excluding hydrogens is 336 g/mol. The standard InChI is InChI=1S/C24H44O3/c1-4-5-6-7-8-9-10-11-12-13-14-15-16-17-18-19-20-25-21-23-22-26-24(2,3)27-23/h7-8,10-11,23H,4-6,9,12-22H2,1-3H3. The van der Waals surface area contributed by atoms with Crippen molar-refractivity contribution in [2.45, 2.75) is 110 Å². The lowest BCUT2D eigenvalue weighted by Gasteiger charge is -2.17. The average molecular weight is 381 g/mol. The molecule has 0 amide bonds. The second-order valence-electron chi connectivity index (χ2n) is 8.11. The molecule has 0 radical (unpaired) electrons. The summed E-state index contributed by atoms with van der Waals surface area (Å²) in [6.45, 7) is 8.31. The molecule has 3 nitrogen and oxygen atoms in total. The highest BCUT2D eigenvalue weighted by molar-refractivity contribution is 4.92. The lowest BCUT2D eigenvalue weighted by atomic mass is 10.1. The van der Waals surface area contributed by atoms with Crippen LogP contribution < -0.4 is 0 Å². The first-order valence-electron chi connectivity index (χ1n) is 11.3. The first kappa shape index (κ1) is 24.4. The van der Waals surface area contributed by atoms with Gasteiger partial charge >= 0.3 is 0 Å². The van der Waals surface area contributed by atoms with Gasteiger partial charge in [0.05, 0.1) is 13.2 Å². The fraction of sp³-hybridized carbons (Fsp3) is 0.833. The van der Waals surface area contributed by atoms with Crippen molar-refractivity contribution in [3.63, 3.8) is 0 Å². The van der Waals surface area contributed by atoms with Crippen molar-refractivity contribution >= 4 is 0 Å². The number of ether oxygens (including phenoxy) is 3. The third kappa shape index (κ3) is 15.0. The van der Waals surface area contributed by atoms with E-state index >= 15 is 0 Å². The molecule has 3 heteroatoms. The second-order valence-corrected chi connectivity index (χ2v) is 8.11. The van der Waals surface area contributed by atoms with Gasteiger partial charge < -0.3 is 14.2 Å². The summed E-state index contributed by atoms with van der Waals surface area (Å²) in [5, 5.41) is 0. The lowest BCUT2D eigenvalue weighted by Crippen LogP contribution is -2.24. The van der Waals surface area contributed by atoms with Crippen LogP contribution >= 0.6 is 0 Å². The molecule has 158 valence electrons. The van der Waals surface area contributed by atoms with Gasteiger partial charge in [0.2, 0.25) is 0 Å². The number of unbranched alkanes of at least 4 members (excludes halogenated alkanes) is 9. The first-order valence-corrected chi connectivity index (χ1v) is 11.3. The highest BCUT2D eigenvalue weighted by Crippen LogP contribution is 2.22. The molecule has 27 heavy (non-hydrogen) atoms. The average Bonchev–Trinajstić information content (AvgIpc) is 2.99. The number of rotatable bonds is 17. The summed E-state index contributed by atoms with van der Waals surface area (Å²) in [5.41, 5.74) is 0. The summed E-state index contributed by atoms with van der Waals surface area (Å²) in [5.74, 6) is -0.435. The zero-order chi connectivity index (χ0) is 19.6. The molecule has 1 aliphatic rings. The lowest BCUT2D eigenvalue weighted by molar-refractivity contribution is -0.145. The molecular formula is C24H44O3. The normalized spacial score (nSPS) is 19.6. The largest absolute Gasteiger partial charge is 0.379 e. The first-order chi connectivity index (χ1) is 13.1. The van der Waals surface area contributed by atoms with Gasteiger partial charge in [-0.15, -0.1) is 0 Å². The maximum absolute atomic E-state index is 5.73. The van der Waals surface area contributed by atoms with Gasteiger partial charge in [0.25, 0.3) is 0 Å². The van der Waals surface area contributed by atoms with Gasteiger partial charge in [0.1, 0.15) is 6.10 Å². The maximum atomic E-state index is 5.73. The van der Waals surface area contributed by atoms with E-state index in [0.717, 1.165) is 19.4 Å². The quantitative estimate of drug-likeness (QED) is 0.201. The van der Waals surface area contributed by atoms with Gasteiger partial charge in [0.15, 0.2) is 5.79 Å². The monoisotopic (exact) mass is 380 g/mol. The van der Waals surface area contributed by atoms with Crippen molar-refractivity contribution in [3.8, 4) is 0 Å². The van der Waals surface area contributed by atoms with Crippen molar-refractivity contribution in [2.24, 2.45) is 0 Å². The zero-order valence-electron chi connectivity index (χ0n) is 18.2. The third-order valence-electron chi connectivity index (χ3n) is 4.86. The molecule has 1 rings (SSSR count). The summed E-state index contributed by atoms with van der Waals surface area (Å²) in [4.78, 5) is 0. The second kappa shape index (κ2) is 16.3. The van der Waals surface area contributed by atoms with E-state index in [9.17, 15) is 0 Å². The predicted octanol–water partition coefficient (Wildman–Crippen LogP) is 6.97. The van der Waals surface area contributed by atoms with Crippen LogP contribution in [0.4, 0.5) is 0 Å². The minimum Gasteiger partial charge on any atom is -0.379 e. The van der Waals surface area contributed by atoms with Crippen LogP contribution in [-0.4, -0.2) is 31.7 Å². The summed E-state index contributed by atoms with van der Waals surface area (Å²) >= 11 is 0. The van der Waals surface area contributed by atoms with E-state index in [2.05, 4.69) is 31.2 Å². The number of hydrogen-bond acceptors (Lipinski definition) is 3. The molecule has 0 bridgehead atoms. The highest BCUT2D eigenvalue weighted by Gasteiger charge is 2.32. The molecule has 1 atom stereocenters. The van der Waals surface area contributed by atoms with Crippen molar-refractivity contribution < 1.29 is 14.2 Å². The Bertz CT molecular complexity index is 387. The summed E-state index contributed by atoms with van der Waals surface area (Å²) < 4.78 is 17.0. The summed E-state index contributed by atoms with van der Waals surface area (Å²) in [6.07, 6.45) is 24.7. The maximum Gasteiger partial charge on any atom is 0.163 e. The number of allylic oxidation sites excluding steroid dienone is 4. The Labute approximate surface area is 168 Å². The molecule has 0 saturated carbocycles. The Morgan fingerprint density at radius 3 is 2.11 bits per heavy atom. The van der Waals surface area contributed by atoms with E-state index in [0.29, 0.717) is 13.2 Å². The molecule has 1 heterocycles. The van der Waals surface area contributed by atoms with E-state index in [1.807, 2.05) is 13.8 Å². The van der Waals surface area contributed by atoms with Crippen LogP contribution in [0.1, 0.15) is 97.8 Å². The van der Waals surface area contributed by atoms with Gasteiger partial charge in [0, 0.05) is 6.61 Å². The topological polar surface area (TPSA) is 27.7 Å². The predicted molar refractivity (Wildman–Crippen MR) is 115 cm³/mol. The van der Waals surface area contributed by atoms with Crippen LogP contribution in [-0.2, 0) is 14.2 Å². The Morgan fingerprint density at radius 1 is 0.852 bits per heavy atom. The van der Waals surface area contributed by atoms with E-state index in [1.54, 1.807) is 0 Å². The van der Waals surface area contributed by atoms with Crippen LogP contribution in [0.15, 0.2) is 24.3 Å². The Morgan fingerprint density at radius 2 is 1.48 bits per heavy atom. The smallest absolute Gasteiger partial charge is 0.163 e. The van der Waals surface area contributed by atoms with E-state index in [-0.39, 0.29) is 6.10 Å². The summed E-state index contributed by atoms with van der Waals surface area (Å²) in [7, 11) is 0. The molecule has 1 saturated heterocycles. The highest BCUT2D eigenvalue weighted by atomic mass is 16.7. The van der Waals surface area contributed by atoms with Gasteiger partial charge in [-0.25, -0.2) is 0 Å². The van der Waals surface area contributed by atoms with Crippen LogP contribution in [0.2, 0.25) is 0 Å². The minimum absolute atomic E-state index is 0.103. The SMILES string of the molecule is CCCCC=CCC=CCCCCCCCCCOCC1COC(C)(C)O1. The zero-order valence-corrected chi connectivity index (χ0v) is 18.2. The fourth-order valence-corrected chi connectivity index (χ4v) is 3.24. The molecule has 0 aromatic heterocycles. The Kier molecular flexibility index (Phi) is 14.8. The fourth-order valence-electron chi connectivity index (χ4n) is 3.24. The van der Waals surface area contributed by atoms with Crippen LogP contribution in [0.3, 0.4) is 0 Å². The molecule has 0 N–H and O–H groups in total. The molecule has 0 aromatic rings. The van der Waals surface area contributed by atoms with Crippen molar-refractivity contribution in [1.29, 1.82) is 0 Å². The van der Waals surface area contributed by atoms with Crippen LogP contribution in [0.5, 0.6) is 0 Å². The van der Waals surface area contributed by atoms with Gasteiger partial charge in [-0.05, 0) is 46.0 Å². The van der Waals surface area contributed by atoms with Crippen molar-refractivity contribution in [2.75, 3.05) is 19.8 Å². The Balaban J connectivity index is 1.75. The molecule has 1 aliphatic heterocycles. The van der Waals surface area contributed by atoms with E-state index in [4.69, 9.17) is 14.2 Å². The molecule has 0 aromatic carbocycles. The van der Waals surface area contributed by atoms with Crippen molar-refractivity contribution in [1.82, 2.24) is 0 Å². The summed E-state index contributed by atoms with van der Waals surface area (Å²) in [6, 6.07) is 0. The molecule has 0 aliphatic carbocycles. The third-order valence-corrected chi connectivity index (χ3v) is 4.86. The molecule has 1 unspecified atom stereocenters. The van der Waals surface area contributed by atoms with Crippen molar-refractivity contribution in [3.05, 3.63) is 24.3 Å². The van der Waals surface area contributed by atoms with Gasteiger partial charge in [-0.1, -0.05) is 76.2 Å². The van der Waals surface area contributed by atoms with E-state index < -0.39 is 5.79 Å². The molecule has 1 fully saturated rings. The van der Waals surface area contributed by atoms with Crippen LogP contribution in [0, 0.1) is 0 Å². The van der Waals surface area contributed by atoms with Gasteiger partial charge in [-0.2, -0.15) is 0 Å². The van der Waals surface area contributed by atoms with Gasteiger partial charge in [-0.3, -0.25) is 0 Å². The number of hydrogen-bond donors (Lipinski definition) is 0. The van der Waals surface area contributed by atoms with Crippen LogP contribution in [0.25, 0.3) is 0 Å². The minimum atomic E-state index is -0.435. The van der Waals surface area contributed by atoms with E-state index in [1.165, 1.54) is 64.2 Å². The molecule has 0 spiro atoms. The Hall–Kier alpha value is -0.640.